The number of hydrogen-bond acceptors (Lipinski definition) is 4. The average molecular weight is 371 g/mol. The van der Waals surface area contributed by atoms with Crippen LogP contribution in [0.5, 0.6) is 0 Å². The Labute approximate surface area is 161 Å². The number of aromatic nitrogens is 2. The Morgan fingerprint density at radius 1 is 1.30 bits per heavy atom. The van der Waals surface area contributed by atoms with E-state index in [1.165, 1.54) is 0 Å². The highest BCUT2D eigenvalue weighted by molar-refractivity contribution is 5.79. The predicted octanol–water partition coefficient (Wildman–Crippen LogP) is 1.81. The van der Waals surface area contributed by atoms with Crippen LogP contribution in [-0.2, 0) is 11.3 Å². The van der Waals surface area contributed by atoms with E-state index in [1.807, 2.05) is 31.4 Å². The number of rotatable bonds is 7. The Hall–Kier alpha value is -2.38. The molecule has 1 fully saturated rings. The number of H-pyrrole nitrogens is 1. The van der Waals surface area contributed by atoms with Gasteiger partial charge in [0.15, 0.2) is 5.96 Å². The maximum Gasteiger partial charge on any atom is 0.194 e. The Kier molecular flexibility index (Phi) is 7.24. The van der Waals surface area contributed by atoms with Crippen molar-refractivity contribution in [1.29, 1.82) is 0 Å². The van der Waals surface area contributed by atoms with Crippen molar-refractivity contribution in [3.05, 3.63) is 42.4 Å². The first-order valence-electron chi connectivity index (χ1n) is 9.65. The first-order chi connectivity index (χ1) is 13.3. The molecule has 1 aliphatic heterocycles. The zero-order valence-electron chi connectivity index (χ0n) is 16.3. The van der Waals surface area contributed by atoms with Crippen molar-refractivity contribution >= 4 is 5.96 Å². The molecule has 0 amide bonds. The smallest absolute Gasteiger partial charge is 0.194 e. The molecule has 0 atom stereocenters. The summed E-state index contributed by atoms with van der Waals surface area (Å²) in [5, 5.41) is 3.37. The molecule has 0 unspecified atom stereocenters. The van der Waals surface area contributed by atoms with Gasteiger partial charge in [0.25, 0.3) is 0 Å². The maximum atomic E-state index is 5.40. The largest absolute Gasteiger partial charge is 0.379 e. The molecule has 2 N–H and O–H groups in total. The van der Waals surface area contributed by atoms with E-state index in [9.17, 15) is 0 Å². The summed E-state index contributed by atoms with van der Waals surface area (Å²) in [6.45, 7) is 8.99. The summed E-state index contributed by atoms with van der Waals surface area (Å²) in [6, 6.07) is 10.2. The second kappa shape index (κ2) is 10.1. The molecule has 0 radical (unpaired) electrons. The number of nitrogens with one attached hydrogen (secondary N) is 2. The number of morpholine rings is 1. The number of benzene rings is 1. The molecule has 146 valence electrons. The lowest BCUT2D eigenvalue weighted by molar-refractivity contribution is 0.0394. The number of aromatic amines is 1. The van der Waals surface area contributed by atoms with E-state index in [4.69, 9.17) is 9.73 Å². The summed E-state index contributed by atoms with van der Waals surface area (Å²) >= 11 is 0. The zero-order valence-corrected chi connectivity index (χ0v) is 16.3. The lowest BCUT2D eigenvalue weighted by atomic mass is 10.2. The number of guanidine groups is 1. The molecule has 0 aliphatic carbocycles. The van der Waals surface area contributed by atoms with E-state index in [2.05, 4.69) is 44.1 Å². The molecule has 1 saturated heterocycles. The quantitative estimate of drug-likeness (QED) is 0.575. The average Bonchev–Trinajstić information content (AvgIpc) is 3.17. The lowest BCUT2D eigenvalue weighted by Crippen LogP contribution is -2.40. The predicted molar refractivity (Wildman–Crippen MR) is 109 cm³/mol. The Balaban J connectivity index is 1.57. The van der Waals surface area contributed by atoms with Gasteiger partial charge in [-0.3, -0.25) is 9.89 Å². The Morgan fingerprint density at radius 3 is 2.81 bits per heavy atom. The van der Waals surface area contributed by atoms with E-state index in [0.29, 0.717) is 6.54 Å². The van der Waals surface area contributed by atoms with Crippen LogP contribution in [0, 0.1) is 0 Å². The van der Waals surface area contributed by atoms with Gasteiger partial charge >= 0.3 is 0 Å². The minimum Gasteiger partial charge on any atom is -0.379 e. The highest BCUT2D eigenvalue weighted by Crippen LogP contribution is 2.16. The van der Waals surface area contributed by atoms with Crippen molar-refractivity contribution in [2.45, 2.75) is 13.5 Å². The van der Waals surface area contributed by atoms with Crippen molar-refractivity contribution in [1.82, 2.24) is 25.1 Å². The summed E-state index contributed by atoms with van der Waals surface area (Å²) < 4.78 is 5.40. The summed E-state index contributed by atoms with van der Waals surface area (Å²) in [5.74, 6) is 1.83. The van der Waals surface area contributed by atoms with E-state index >= 15 is 0 Å². The fourth-order valence-electron chi connectivity index (χ4n) is 3.10. The molecule has 1 aromatic carbocycles. The molecule has 3 rings (SSSR count). The SMILES string of the molecule is CCNC(=NCCN1CCOCC1)N(C)Cc1ncc(-c2ccccc2)[nH]1. The molecule has 2 heterocycles. The Morgan fingerprint density at radius 2 is 2.07 bits per heavy atom. The monoisotopic (exact) mass is 370 g/mol. The third kappa shape index (κ3) is 5.80. The molecule has 0 saturated carbocycles. The highest BCUT2D eigenvalue weighted by Gasteiger charge is 2.12. The first-order valence-corrected chi connectivity index (χ1v) is 9.65. The summed E-state index contributed by atoms with van der Waals surface area (Å²) in [7, 11) is 2.04. The van der Waals surface area contributed by atoms with Gasteiger partial charge in [-0.1, -0.05) is 30.3 Å². The van der Waals surface area contributed by atoms with E-state index in [0.717, 1.165) is 69.0 Å². The van der Waals surface area contributed by atoms with E-state index in [-0.39, 0.29) is 0 Å². The fraction of sp³-hybridized carbons (Fsp3) is 0.500. The summed E-state index contributed by atoms with van der Waals surface area (Å²) in [6.07, 6.45) is 1.89. The molecule has 7 nitrogen and oxygen atoms in total. The van der Waals surface area contributed by atoms with Crippen molar-refractivity contribution in [2.75, 3.05) is 53.0 Å². The summed E-state index contributed by atoms with van der Waals surface area (Å²) in [5.41, 5.74) is 2.18. The number of ether oxygens (including phenoxy) is 1. The van der Waals surface area contributed by atoms with Crippen LogP contribution in [0.1, 0.15) is 12.7 Å². The molecule has 1 aliphatic rings. The number of imidazole rings is 1. The van der Waals surface area contributed by atoms with Crippen LogP contribution >= 0.6 is 0 Å². The second-order valence-corrected chi connectivity index (χ2v) is 6.66. The van der Waals surface area contributed by atoms with Crippen molar-refractivity contribution in [2.24, 2.45) is 4.99 Å². The molecule has 0 spiro atoms. The second-order valence-electron chi connectivity index (χ2n) is 6.66. The van der Waals surface area contributed by atoms with Crippen LogP contribution in [-0.4, -0.2) is 78.7 Å². The Bertz CT molecular complexity index is 708. The fourth-order valence-corrected chi connectivity index (χ4v) is 3.10. The third-order valence-corrected chi connectivity index (χ3v) is 4.58. The minimum atomic E-state index is 0.677. The molecule has 27 heavy (non-hydrogen) atoms. The molecular weight excluding hydrogens is 340 g/mol. The molecule has 1 aromatic heterocycles. The van der Waals surface area contributed by atoms with Gasteiger partial charge in [0, 0.05) is 33.2 Å². The third-order valence-electron chi connectivity index (χ3n) is 4.58. The number of hydrogen-bond donors (Lipinski definition) is 2. The molecule has 2 aromatic rings. The standard InChI is InChI=1S/C20H30N6O/c1-3-21-20(22-9-10-26-11-13-27-14-12-26)25(2)16-19-23-15-18(24-19)17-7-5-4-6-8-17/h4-8,15H,3,9-14,16H2,1-2H3,(H,21,22)(H,23,24). The van der Waals surface area contributed by atoms with Crippen LogP contribution in [0.3, 0.4) is 0 Å². The van der Waals surface area contributed by atoms with Gasteiger partial charge in [-0.2, -0.15) is 0 Å². The van der Waals surface area contributed by atoms with Crippen molar-refractivity contribution in [3.63, 3.8) is 0 Å². The van der Waals surface area contributed by atoms with Crippen LogP contribution in [0.4, 0.5) is 0 Å². The van der Waals surface area contributed by atoms with Gasteiger partial charge < -0.3 is 19.9 Å². The lowest BCUT2D eigenvalue weighted by Gasteiger charge is -2.26. The van der Waals surface area contributed by atoms with Crippen LogP contribution in [0.15, 0.2) is 41.5 Å². The normalized spacial score (nSPS) is 15.7. The number of nitrogens with zero attached hydrogens (tertiary/aromatic N) is 4. The topological polar surface area (TPSA) is 68.8 Å². The van der Waals surface area contributed by atoms with Gasteiger partial charge in [0.2, 0.25) is 0 Å². The van der Waals surface area contributed by atoms with Gasteiger partial charge in [0.05, 0.1) is 38.2 Å². The van der Waals surface area contributed by atoms with Crippen molar-refractivity contribution < 1.29 is 4.74 Å². The number of aliphatic imine (C=N–C) groups is 1. The molecule has 0 bridgehead atoms. The maximum absolute atomic E-state index is 5.40. The van der Waals surface area contributed by atoms with Crippen LogP contribution in [0.2, 0.25) is 0 Å². The molecular formula is C20H30N6O. The van der Waals surface area contributed by atoms with Crippen LogP contribution in [0.25, 0.3) is 11.3 Å². The zero-order chi connectivity index (χ0) is 18.9. The minimum absolute atomic E-state index is 0.677. The highest BCUT2D eigenvalue weighted by atomic mass is 16.5. The van der Waals surface area contributed by atoms with Crippen molar-refractivity contribution in [3.8, 4) is 11.3 Å². The van der Waals surface area contributed by atoms with Gasteiger partial charge in [-0.15, -0.1) is 0 Å². The van der Waals surface area contributed by atoms with E-state index in [1.54, 1.807) is 0 Å². The van der Waals surface area contributed by atoms with Crippen LogP contribution < -0.4 is 5.32 Å². The van der Waals surface area contributed by atoms with Gasteiger partial charge in [-0.25, -0.2) is 4.98 Å². The summed E-state index contributed by atoms with van der Waals surface area (Å²) in [4.78, 5) is 17.2. The van der Waals surface area contributed by atoms with Gasteiger partial charge in [0.1, 0.15) is 5.82 Å². The van der Waals surface area contributed by atoms with E-state index < -0.39 is 0 Å². The molecule has 7 heteroatoms. The van der Waals surface area contributed by atoms with Gasteiger partial charge in [-0.05, 0) is 12.5 Å². The first kappa shape index (κ1) is 19.4.